The van der Waals surface area contributed by atoms with Gasteiger partial charge < -0.3 is 15.2 Å². The first-order valence-electron chi connectivity index (χ1n) is 8.77. The van der Waals surface area contributed by atoms with Crippen molar-refractivity contribution in [3.63, 3.8) is 0 Å². The molecule has 2 N–H and O–H groups in total. The van der Waals surface area contributed by atoms with E-state index in [1.807, 2.05) is 27.7 Å². The zero-order chi connectivity index (χ0) is 20.2. The fourth-order valence-corrected chi connectivity index (χ4v) is 2.38. The van der Waals surface area contributed by atoms with Crippen molar-refractivity contribution >= 4 is 5.91 Å². The Morgan fingerprint density at radius 2 is 1.78 bits per heavy atom. The van der Waals surface area contributed by atoms with Gasteiger partial charge in [-0.15, -0.1) is 0 Å². The highest BCUT2D eigenvalue weighted by Gasteiger charge is 2.30. The lowest BCUT2D eigenvalue weighted by Crippen LogP contribution is -2.30. The van der Waals surface area contributed by atoms with Gasteiger partial charge in [-0.1, -0.05) is 45.0 Å². The Balaban J connectivity index is 2.36. The van der Waals surface area contributed by atoms with E-state index in [1.54, 1.807) is 0 Å². The Kier molecular flexibility index (Phi) is 6.64. The van der Waals surface area contributed by atoms with Gasteiger partial charge in [0.15, 0.2) is 11.5 Å². The number of aromatic nitrogens is 1. The molecule has 2 aromatic rings. The number of hydrogen-bond donors (Lipinski definition) is 2. The minimum absolute atomic E-state index is 0.138. The fraction of sp³-hybridized carbons (Fsp3) is 0.474. The molecule has 0 atom stereocenters. The average Bonchev–Trinajstić information content (AvgIpc) is 3.01. The number of amides is 1. The first-order chi connectivity index (χ1) is 12.6. The summed E-state index contributed by atoms with van der Waals surface area (Å²) in [4.78, 5) is 12.4. The van der Waals surface area contributed by atoms with Crippen LogP contribution >= 0.6 is 0 Å². The highest BCUT2D eigenvalue weighted by molar-refractivity contribution is 5.95. The molecule has 0 aliphatic rings. The van der Waals surface area contributed by atoms with E-state index in [1.165, 1.54) is 12.1 Å². The van der Waals surface area contributed by atoms with Crippen molar-refractivity contribution in [1.82, 2.24) is 15.8 Å². The lowest BCUT2D eigenvalue weighted by atomic mass is 10.0. The molecule has 0 aliphatic heterocycles. The van der Waals surface area contributed by atoms with Crippen LogP contribution in [0.2, 0.25) is 0 Å². The highest BCUT2D eigenvalue weighted by atomic mass is 19.4. The molecule has 0 spiro atoms. The van der Waals surface area contributed by atoms with Crippen molar-refractivity contribution in [2.45, 2.75) is 46.5 Å². The van der Waals surface area contributed by atoms with E-state index in [4.69, 9.17) is 4.52 Å². The van der Waals surface area contributed by atoms with E-state index in [9.17, 15) is 18.0 Å². The lowest BCUT2D eigenvalue weighted by Gasteiger charge is -2.11. The van der Waals surface area contributed by atoms with Gasteiger partial charge in [-0.3, -0.25) is 4.79 Å². The summed E-state index contributed by atoms with van der Waals surface area (Å²) in [5.74, 6) is 0.185. The summed E-state index contributed by atoms with van der Waals surface area (Å²) in [6.45, 7) is 8.63. The molecular weight excluding hydrogens is 359 g/mol. The van der Waals surface area contributed by atoms with E-state index in [-0.39, 0.29) is 29.3 Å². The molecule has 1 amide bonds. The van der Waals surface area contributed by atoms with Gasteiger partial charge in [-0.05, 0) is 18.1 Å². The predicted molar refractivity (Wildman–Crippen MR) is 96.1 cm³/mol. The molecule has 0 saturated heterocycles. The summed E-state index contributed by atoms with van der Waals surface area (Å²) >= 11 is 0. The molecule has 0 fully saturated rings. The molecule has 5 nitrogen and oxygen atoms in total. The van der Waals surface area contributed by atoms with E-state index >= 15 is 0 Å². The minimum atomic E-state index is -4.41. The summed E-state index contributed by atoms with van der Waals surface area (Å²) in [5.41, 5.74) is 0.338. The summed E-state index contributed by atoms with van der Waals surface area (Å²) < 4.78 is 43.7. The van der Waals surface area contributed by atoms with Crippen LogP contribution in [0.5, 0.6) is 0 Å². The van der Waals surface area contributed by atoms with Gasteiger partial charge in [0.1, 0.15) is 0 Å². The second kappa shape index (κ2) is 8.56. The fourth-order valence-electron chi connectivity index (χ4n) is 2.38. The second-order valence-corrected chi connectivity index (χ2v) is 7.05. The van der Waals surface area contributed by atoms with Crippen molar-refractivity contribution in [3.05, 3.63) is 41.1 Å². The molecule has 0 unspecified atom stereocenters. The zero-order valence-electron chi connectivity index (χ0n) is 15.8. The monoisotopic (exact) mass is 383 g/mol. The van der Waals surface area contributed by atoms with E-state index < -0.39 is 11.7 Å². The van der Waals surface area contributed by atoms with Crippen molar-refractivity contribution in [3.8, 4) is 11.3 Å². The number of nitrogens with zero attached hydrogens (tertiary/aromatic N) is 1. The maximum atomic E-state index is 12.8. The van der Waals surface area contributed by atoms with Crippen LogP contribution in [0.4, 0.5) is 13.2 Å². The number of alkyl halides is 3. The quantitative estimate of drug-likeness (QED) is 0.750. The highest BCUT2D eigenvalue weighted by Crippen LogP contribution is 2.32. The van der Waals surface area contributed by atoms with Crippen LogP contribution in [0.15, 0.2) is 28.8 Å². The normalized spacial score (nSPS) is 12.0. The van der Waals surface area contributed by atoms with Crippen LogP contribution in [-0.4, -0.2) is 23.7 Å². The number of benzene rings is 1. The molecule has 1 heterocycles. The number of carbonyl (C=O) groups excluding carboxylic acids is 1. The molecule has 0 saturated carbocycles. The summed E-state index contributed by atoms with van der Waals surface area (Å²) in [7, 11) is 0. The SMILES string of the molecule is CC(C)CNC(=O)c1noc(-c2ccc(C(F)(F)F)cc2)c1CNC(C)C. The van der Waals surface area contributed by atoms with E-state index in [2.05, 4.69) is 15.8 Å². The molecule has 0 radical (unpaired) electrons. The van der Waals surface area contributed by atoms with Gasteiger partial charge in [-0.25, -0.2) is 0 Å². The molecule has 1 aromatic carbocycles. The number of hydrogen-bond acceptors (Lipinski definition) is 4. The van der Waals surface area contributed by atoms with Gasteiger partial charge in [0.2, 0.25) is 0 Å². The topological polar surface area (TPSA) is 67.2 Å². The van der Waals surface area contributed by atoms with Crippen molar-refractivity contribution in [1.29, 1.82) is 0 Å². The van der Waals surface area contributed by atoms with E-state index in [0.717, 1.165) is 12.1 Å². The summed E-state index contributed by atoms with van der Waals surface area (Å²) in [5, 5.41) is 9.85. The van der Waals surface area contributed by atoms with Crippen LogP contribution in [0.25, 0.3) is 11.3 Å². The van der Waals surface area contributed by atoms with Crippen LogP contribution < -0.4 is 10.6 Å². The van der Waals surface area contributed by atoms with Crippen LogP contribution in [-0.2, 0) is 12.7 Å². The summed E-state index contributed by atoms with van der Waals surface area (Å²) in [6, 6.07) is 4.74. The van der Waals surface area contributed by atoms with Gasteiger partial charge in [0, 0.05) is 30.3 Å². The number of nitrogens with one attached hydrogen (secondary N) is 2. The van der Waals surface area contributed by atoms with Gasteiger partial charge in [0.05, 0.1) is 5.56 Å². The molecule has 148 valence electrons. The minimum Gasteiger partial charge on any atom is -0.355 e. The molecule has 0 bridgehead atoms. The largest absolute Gasteiger partial charge is 0.416 e. The third-order valence-electron chi connectivity index (χ3n) is 3.84. The molecule has 0 aliphatic carbocycles. The van der Waals surface area contributed by atoms with Gasteiger partial charge >= 0.3 is 6.18 Å². The van der Waals surface area contributed by atoms with Crippen molar-refractivity contribution in [2.24, 2.45) is 5.92 Å². The number of carbonyl (C=O) groups is 1. The average molecular weight is 383 g/mol. The molecule has 2 rings (SSSR count). The first kappa shape index (κ1) is 21.0. The Morgan fingerprint density at radius 3 is 2.30 bits per heavy atom. The van der Waals surface area contributed by atoms with Crippen LogP contribution in [0.1, 0.15) is 49.3 Å². The number of halogens is 3. The van der Waals surface area contributed by atoms with Gasteiger partial charge in [0.25, 0.3) is 5.91 Å². The molecule has 8 heteroatoms. The predicted octanol–water partition coefficient (Wildman–Crippen LogP) is 4.24. The lowest BCUT2D eigenvalue weighted by molar-refractivity contribution is -0.137. The third-order valence-corrected chi connectivity index (χ3v) is 3.84. The molecular formula is C19H24F3N3O2. The Hall–Kier alpha value is -2.35. The Morgan fingerprint density at radius 1 is 1.15 bits per heavy atom. The second-order valence-electron chi connectivity index (χ2n) is 7.05. The summed E-state index contributed by atoms with van der Waals surface area (Å²) in [6.07, 6.45) is -4.41. The molecule has 1 aromatic heterocycles. The van der Waals surface area contributed by atoms with Crippen LogP contribution in [0, 0.1) is 5.92 Å². The van der Waals surface area contributed by atoms with Crippen LogP contribution in [0.3, 0.4) is 0 Å². The molecule has 27 heavy (non-hydrogen) atoms. The Labute approximate surface area is 156 Å². The standard InChI is InChI=1S/C19H24F3N3O2/c1-11(2)9-24-18(26)16-15(10-23-12(3)4)17(27-25-16)13-5-7-14(8-6-13)19(20,21)22/h5-8,11-12,23H,9-10H2,1-4H3,(H,24,26). The first-order valence-corrected chi connectivity index (χ1v) is 8.77. The van der Waals surface area contributed by atoms with Crippen molar-refractivity contribution in [2.75, 3.05) is 6.54 Å². The van der Waals surface area contributed by atoms with Gasteiger partial charge in [-0.2, -0.15) is 13.2 Å². The maximum absolute atomic E-state index is 12.8. The number of rotatable bonds is 7. The Bertz CT molecular complexity index is 765. The zero-order valence-corrected chi connectivity index (χ0v) is 15.8. The maximum Gasteiger partial charge on any atom is 0.416 e. The van der Waals surface area contributed by atoms with Crippen molar-refractivity contribution < 1.29 is 22.5 Å². The smallest absolute Gasteiger partial charge is 0.355 e. The van der Waals surface area contributed by atoms with E-state index in [0.29, 0.717) is 24.2 Å². The third kappa shape index (κ3) is 5.56.